The van der Waals surface area contributed by atoms with E-state index in [1.54, 1.807) is 11.3 Å². The maximum atomic E-state index is 4.42. The Morgan fingerprint density at radius 3 is 3.00 bits per heavy atom. The lowest BCUT2D eigenvalue weighted by molar-refractivity contribution is 0.403. The summed E-state index contributed by atoms with van der Waals surface area (Å²) in [5.41, 5.74) is 0. The van der Waals surface area contributed by atoms with Crippen molar-refractivity contribution in [1.29, 1.82) is 0 Å². The van der Waals surface area contributed by atoms with Crippen LogP contribution in [0.3, 0.4) is 0 Å². The highest BCUT2D eigenvalue weighted by molar-refractivity contribution is 7.11. The molecule has 0 amide bonds. The van der Waals surface area contributed by atoms with Gasteiger partial charge in [-0.05, 0) is 31.6 Å². The van der Waals surface area contributed by atoms with Crippen LogP contribution >= 0.6 is 11.3 Å². The number of nitrogens with one attached hydrogen (secondary N) is 1. The Hall–Kier alpha value is -1.10. The highest BCUT2D eigenvalue weighted by atomic mass is 32.1. The van der Waals surface area contributed by atoms with Gasteiger partial charge in [0.1, 0.15) is 0 Å². The summed E-state index contributed by atoms with van der Waals surface area (Å²) in [5.74, 6) is 2.64. The Bertz CT molecular complexity index is 452. The van der Waals surface area contributed by atoms with Crippen molar-refractivity contribution in [2.45, 2.75) is 40.2 Å². The Morgan fingerprint density at radius 1 is 1.60 bits per heavy atom. The van der Waals surface area contributed by atoms with Crippen LogP contribution < -0.4 is 5.32 Å². The van der Waals surface area contributed by atoms with Gasteiger partial charge in [0.15, 0.2) is 5.96 Å². The lowest BCUT2D eigenvalue weighted by Gasteiger charge is -2.21. The molecule has 1 aromatic rings. The number of nitrogens with zero attached hydrogens (tertiary/aromatic N) is 3. The summed E-state index contributed by atoms with van der Waals surface area (Å²) < 4.78 is 0. The van der Waals surface area contributed by atoms with Crippen LogP contribution in [0.15, 0.2) is 11.2 Å². The molecular formula is C15H26N4S. The maximum absolute atomic E-state index is 4.42. The first kappa shape index (κ1) is 15.3. The molecule has 5 heteroatoms. The molecule has 4 nitrogen and oxygen atoms in total. The zero-order valence-electron chi connectivity index (χ0n) is 13.0. The fourth-order valence-electron chi connectivity index (χ4n) is 2.87. The summed E-state index contributed by atoms with van der Waals surface area (Å²) in [7, 11) is 1.87. The van der Waals surface area contributed by atoms with Crippen molar-refractivity contribution in [1.82, 2.24) is 15.2 Å². The average Bonchev–Trinajstić information content (AvgIpc) is 2.99. The highest BCUT2D eigenvalue weighted by Gasteiger charge is 2.25. The second kappa shape index (κ2) is 7.07. The van der Waals surface area contributed by atoms with Gasteiger partial charge in [0.2, 0.25) is 0 Å². The molecule has 1 unspecified atom stereocenters. The monoisotopic (exact) mass is 294 g/mol. The number of rotatable bonds is 4. The average molecular weight is 294 g/mol. The summed E-state index contributed by atoms with van der Waals surface area (Å²) in [6.45, 7) is 9.74. The summed E-state index contributed by atoms with van der Waals surface area (Å²) >= 11 is 1.74. The van der Waals surface area contributed by atoms with Crippen LogP contribution in [0.25, 0.3) is 0 Å². The lowest BCUT2D eigenvalue weighted by Crippen LogP contribution is -2.39. The number of hydrogen-bond donors (Lipinski definition) is 1. The molecular weight excluding hydrogens is 268 g/mol. The molecule has 2 rings (SSSR count). The summed E-state index contributed by atoms with van der Waals surface area (Å²) in [6.07, 6.45) is 4.56. The number of guanidine groups is 1. The molecule has 1 aromatic heterocycles. The van der Waals surface area contributed by atoms with Crippen LogP contribution in [0.2, 0.25) is 0 Å². The van der Waals surface area contributed by atoms with E-state index in [9.17, 15) is 0 Å². The van der Waals surface area contributed by atoms with Crippen molar-refractivity contribution in [3.63, 3.8) is 0 Å². The highest BCUT2D eigenvalue weighted by Crippen LogP contribution is 2.23. The Morgan fingerprint density at radius 2 is 2.40 bits per heavy atom. The minimum atomic E-state index is 0.787. The standard InChI is InChI=1S/C15H26N4S/c1-11(2)7-13-5-6-19(10-13)15(16-4)18-9-14-8-17-12(3)20-14/h8,11,13H,5-7,9-10H2,1-4H3,(H,16,18). The third-order valence-corrected chi connectivity index (χ3v) is 4.60. The van der Waals surface area contributed by atoms with Crippen LogP contribution in [0.1, 0.15) is 36.6 Å². The number of aromatic nitrogens is 1. The van der Waals surface area contributed by atoms with E-state index in [2.05, 4.69) is 34.0 Å². The molecule has 1 fully saturated rings. The van der Waals surface area contributed by atoms with Crippen molar-refractivity contribution in [2.75, 3.05) is 20.1 Å². The number of hydrogen-bond acceptors (Lipinski definition) is 3. The van der Waals surface area contributed by atoms with E-state index in [4.69, 9.17) is 0 Å². The third-order valence-electron chi connectivity index (χ3n) is 3.69. The summed E-state index contributed by atoms with van der Waals surface area (Å²) in [5, 5.41) is 4.58. The van der Waals surface area contributed by atoms with Crippen LogP contribution in [0.5, 0.6) is 0 Å². The molecule has 0 bridgehead atoms. The van der Waals surface area contributed by atoms with Gasteiger partial charge in [0, 0.05) is 31.2 Å². The third kappa shape index (κ3) is 4.20. The lowest BCUT2D eigenvalue weighted by atomic mass is 9.97. The van der Waals surface area contributed by atoms with E-state index in [0.29, 0.717) is 0 Å². The summed E-state index contributed by atoms with van der Waals surface area (Å²) in [6, 6.07) is 0. The van der Waals surface area contributed by atoms with Gasteiger partial charge < -0.3 is 10.2 Å². The molecule has 2 heterocycles. The second-order valence-electron chi connectivity index (χ2n) is 5.98. The predicted octanol–water partition coefficient (Wildman–Crippen LogP) is 2.89. The van der Waals surface area contributed by atoms with E-state index in [0.717, 1.165) is 42.4 Å². The predicted molar refractivity (Wildman–Crippen MR) is 86.2 cm³/mol. The van der Waals surface area contributed by atoms with E-state index < -0.39 is 0 Å². The Kier molecular flexibility index (Phi) is 5.40. The van der Waals surface area contributed by atoms with Gasteiger partial charge in [-0.1, -0.05) is 13.8 Å². The Balaban J connectivity index is 1.84. The minimum absolute atomic E-state index is 0.787. The van der Waals surface area contributed by atoms with Crippen LogP contribution in [-0.4, -0.2) is 36.0 Å². The van der Waals surface area contributed by atoms with E-state index in [-0.39, 0.29) is 0 Å². The van der Waals surface area contributed by atoms with Gasteiger partial charge in [-0.25, -0.2) is 4.98 Å². The van der Waals surface area contributed by atoms with Crippen molar-refractivity contribution in [3.05, 3.63) is 16.1 Å². The summed E-state index contributed by atoms with van der Waals surface area (Å²) in [4.78, 5) is 12.4. The van der Waals surface area contributed by atoms with Gasteiger partial charge in [-0.2, -0.15) is 0 Å². The molecule has 0 aromatic carbocycles. The number of thiazole rings is 1. The number of aryl methyl sites for hydroxylation is 1. The van der Waals surface area contributed by atoms with E-state index >= 15 is 0 Å². The smallest absolute Gasteiger partial charge is 0.193 e. The molecule has 0 saturated carbocycles. The number of aliphatic imine (C=N–C) groups is 1. The fraction of sp³-hybridized carbons (Fsp3) is 0.733. The fourth-order valence-corrected chi connectivity index (χ4v) is 3.60. The first-order chi connectivity index (χ1) is 9.58. The Labute approximate surface area is 126 Å². The van der Waals surface area contributed by atoms with Gasteiger partial charge in [0.05, 0.1) is 11.6 Å². The molecule has 0 spiro atoms. The van der Waals surface area contributed by atoms with Gasteiger partial charge in [0.25, 0.3) is 0 Å². The minimum Gasteiger partial charge on any atom is -0.351 e. The zero-order valence-corrected chi connectivity index (χ0v) is 13.8. The van der Waals surface area contributed by atoms with E-state index in [1.807, 2.05) is 20.2 Å². The SMILES string of the molecule is CN=C(NCc1cnc(C)s1)N1CCC(CC(C)C)C1. The van der Waals surface area contributed by atoms with Crippen molar-refractivity contribution in [3.8, 4) is 0 Å². The topological polar surface area (TPSA) is 40.5 Å². The van der Waals surface area contributed by atoms with Gasteiger partial charge in [-0.3, -0.25) is 4.99 Å². The van der Waals surface area contributed by atoms with Crippen LogP contribution in [-0.2, 0) is 6.54 Å². The normalized spacial score (nSPS) is 19.9. The van der Waals surface area contributed by atoms with Gasteiger partial charge in [-0.15, -0.1) is 11.3 Å². The molecule has 1 aliphatic rings. The van der Waals surface area contributed by atoms with Crippen molar-refractivity contribution in [2.24, 2.45) is 16.8 Å². The molecule has 20 heavy (non-hydrogen) atoms. The molecule has 112 valence electrons. The molecule has 1 N–H and O–H groups in total. The molecule has 0 radical (unpaired) electrons. The molecule has 1 aliphatic heterocycles. The quantitative estimate of drug-likeness (QED) is 0.685. The van der Waals surface area contributed by atoms with Crippen LogP contribution in [0, 0.1) is 18.8 Å². The van der Waals surface area contributed by atoms with Crippen LogP contribution in [0.4, 0.5) is 0 Å². The second-order valence-corrected chi connectivity index (χ2v) is 7.30. The largest absolute Gasteiger partial charge is 0.351 e. The zero-order chi connectivity index (χ0) is 14.5. The van der Waals surface area contributed by atoms with Gasteiger partial charge >= 0.3 is 0 Å². The van der Waals surface area contributed by atoms with E-state index in [1.165, 1.54) is 17.7 Å². The molecule has 0 aliphatic carbocycles. The number of likely N-dealkylation sites (tertiary alicyclic amines) is 1. The van der Waals surface area contributed by atoms with Crippen molar-refractivity contribution < 1.29 is 0 Å². The van der Waals surface area contributed by atoms with Crippen molar-refractivity contribution >= 4 is 17.3 Å². The maximum Gasteiger partial charge on any atom is 0.193 e. The first-order valence-electron chi connectivity index (χ1n) is 7.45. The molecule has 1 saturated heterocycles. The first-order valence-corrected chi connectivity index (χ1v) is 8.27. The molecule has 1 atom stereocenters.